The molecule has 0 bridgehead atoms. The molecular formula is C8H13N3O2. The first-order valence-electron chi connectivity index (χ1n) is 4.06. The molecule has 5 nitrogen and oxygen atoms in total. The Bertz CT molecular complexity index is 295. The average Bonchev–Trinajstić information content (AvgIpc) is 2.51. The van der Waals surface area contributed by atoms with Crippen LogP contribution in [-0.2, 0) is 0 Å². The highest BCUT2D eigenvalue weighted by atomic mass is 16.3. The molecule has 72 valence electrons. The van der Waals surface area contributed by atoms with Gasteiger partial charge < -0.3 is 15.5 Å². The van der Waals surface area contributed by atoms with Crippen LogP contribution in [0.4, 0.5) is 0 Å². The molecule has 0 radical (unpaired) electrons. The summed E-state index contributed by atoms with van der Waals surface area (Å²) in [6, 6.07) is -0.0583. The van der Waals surface area contributed by atoms with Crippen molar-refractivity contribution >= 4 is 5.91 Å². The zero-order valence-corrected chi connectivity index (χ0v) is 7.70. The average molecular weight is 183 g/mol. The standard InChI is InChI=1S/C8H13N3O2/c1-5(3-9)11-8(12)7-6(2)10-4-13-7/h4-5H,3,9H2,1-2H3,(H,11,12)/t5-/m1/s1. The van der Waals surface area contributed by atoms with Crippen molar-refractivity contribution in [2.75, 3.05) is 6.54 Å². The van der Waals surface area contributed by atoms with Crippen LogP contribution < -0.4 is 11.1 Å². The molecule has 1 amide bonds. The van der Waals surface area contributed by atoms with Gasteiger partial charge in [-0.2, -0.15) is 0 Å². The predicted molar refractivity (Wildman–Crippen MR) is 47.2 cm³/mol. The van der Waals surface area contributed by atoms with Crippen molar-refractivity contribution in [2.24, 2.45) is 5.73 Å². The molecule has 0 aromatic carbocycles. The zero-order valence-electron chi connectivity index (χ0n) is 7.70. The second-order valence-corrected chi connectivity index (χ2v) is 2.88. The molecule has 0 aliphatic carbocycles. The summed E-state index contributed by atoms with van der Waals surface area (Å²) in [7, 11) is 0. The number of hydrogen-bond acceptors (Lipinski definition) is 4. The van der Waals surface area contributed by atoms with Gasteiger partial charge in [0, 0.05) is 12.6 Å². The van der Waals surface area contributed by atoms with E-state index in [1.54, 1.807) is 6.92 Å². The highest BCUT2D eigenvalue weighted by Gasteiger charge is 2.14. The second-order valence-electron chi connectivity index (χ2n) is 2.88. The largest absolute Gasteiger partial charge is 0.438 e. The Labute approximate surface area is 76.3 Å². The van der Waals surface area contributed by atoms with Crippen LogP contribution in [0.3, 0.4) is 0 Å². The third-order valence-corrected chi connectivity index (χ3v) is 1.68. The van der Waals surface area contributed by atoms with Crippen LogP contribution in [0, 0.1) is 6.92 Å². The number of nitrogens with two attached hydrogens (primary N) is 1. The van der Waals surface area contributed by atoms with E-state index in [1.807, 2.05) is 6.92 Å². The number of hydrogen-bond donors (Lipinski definition) is 2. The van der Waals surface area contributed by atoms with Gasteiger partial charge in [0.05, 0.1) is 5.69 Å². The molecule has 5 heteroatoms. The van der Waals surface area contributed by atoms with Crippen molar-refractivity contribution in [2.45, 2.75) is 19.9 Å². The van der Waals surface area contributed by atoms with Crippen molar-refractivity contribution in [3.8, 4) is 0 Å². The molecule has 1 heterocycles. The lowest BCUT2D eigenvalue weighted by molar-refractivity contribution is 0.0912. The monoisotopic (exact) mass is 183 g/mol. The molecule has 13 heavy (non-hydrogen) atoms. The van der Waals surface area contributed by atoms with Gasteiger partial charge in [-0.1, -0.05) is 0 Å². The molecule has 1 aromatic rings. The SMILES string of the molecule is Cc1ncoc1C(=O)N[C@H](C)CN. The van der Waals surface area contributed by atoms with E-state index < -0.39 is 0 Å². The fourth-order valence-electron chi connectivity index (χ4n) is 0.868. The van der Waals surface area contributed by atoms with Crippen molar-refractivity contribution in [1.29, 1.82) is 0 Å². The summed E-state index contributed by atoms with van der Waals surface area (Å²) in [6.45, 7) is 3.94. The van der Waals surface area contributed by atoms with Crippen LogP contribution in [-0.4, -0.2) is 23.5 Å². The van der Waals surface area contributed by atoms with Crippen LogP contribution in [0.15, 0.2) is 10.8 Å². The topological polar surface area (TPSA) is 81.2 Å². The summed E-state index contributed by atoms with van der Waals surface area (Å²) in [5.41, 5.74) is 5.94. The van der Waals surface area contributed by atoms with Crippen molar-refractivity contribution in [3.63, 3.8) is 0 Å². The smallest absolute Gasteiger partial charge is 0.289 e. The summed E-state index contributed by atoms with van der Waals surface area (Å²) in [5.74, 6) is -0.0201. The summed E-state index contributed by atoms with van der Waals surface area (Å²) >= 11 is 0. The predicted octanol–water partition coefficient (Wildman–Crippen LogP) is 0.0600. The van der Waals surface area contributed by atoms with E-state index in [4.69, 9.17) is 10.2 Å². The molecule has 1 atom stereocenters. The fourth-order valence-corrected chi connectivity index (χ4v) is 0.868. The molecule has 0 aliphatic heterocycles. The summed E-state index contributed by atoms with van der Waals surface area (Å²) in [5, 5.41) is 2.68. The number of aryl methyl sites for hydroxylation is 1. The van der Waals surface area contributed by atoms with E-state index >= 15 is 0 Å². The minimum atomic E-state index is -0.270. The fraction of sp³-hybridized carbons (Fsp3) is 0.500. The van der Waals surface area contributed by atoms with Gasteiger partial charge in [-0.3, -0.25) is 4.79 Å². The molecule has 0 unspecified atom stereocenters. The third-order valence-electron chi connectivity index (χ3n) is 1.68. The number of aromatic nitrogens is 1. The normalized spacial score (nSPS) is 12.5. The van der Waals surface area contributed by atoms with Crippen LogP contribution in [0.5, 0.6) is 0 Å². The van der Waals surface area contributed by atoms with Gasteiger partial charge in [-0.15, -0.1) is 0 Å². The first-order chi connectivity index (χ1) is 6.15. The van der Waals surface area contributed by atoms with Gasteiger partial charge in [0.2, 0.25) is 5.76 Å². The van der Waals surface area contributed by atoms with E-state index in [0.717, 1.165) is 0 Å². The van der Waals surface area contributed by atoms with E-state index in [2.05, 4.69) is 10.3 Å². The summed E-state index contributed by atoms with van der Waals surface area (Å²) in [6.07, 6.45) is 1.25. The second kappa shape index (κ2) is 4.04. The molecule has 3 N–H and O–H groups in total. The lowest BCUT2D eigenvalue weighted by Gasteiger charge is -2.09. The van der Waals surface area contributed by atoms with Gasteiger partial charge in [0.25, 0.3) is 5.91 Å². The Morgan fingerprint density at radius 1 is 1.85 bits per heavy atom. The van der Waals surface area contributed by atoms with E-state index in [0.29, 0.717) is 12.2 Å². The Balaban J connectivity index is 2.64. The van der Waals surface area contributed by atoms with Crippen molar-refractivity contribution < 1.29 is 9.21 Å². The van der Waals surface area contributed by atoms with E-state index in [-0.39, 0.29) is 17.7 Å². The third kappa shape index (κ3) is 2.29. The number of amides is 1. The van der Waals surface area contributed by atoms with Crippen LogP contribution in [0.2, 0.25) is 0 Å². The Morgan fingerprint density at radius 2 is 2.54 bits per heavy atom. The number of nitrogens with zero attached hydrogens (tertiary/aromatic N) is 1. The molecule has 0 fully saturated rings. The number of nitrogens with one attached hydrogen (secondary N) is 1. The Morgan fingerprint density at radius 3 is 3.00 bits per heavy atom. The first-order valence-corrected chi connectivity index (χ1v) is 4.06. The maximum Gasteiger partial charge on any atom is 0.289 e. The van der Waals surface area contributed by atoms with Gasteiger partial charge in [0.1, 0.15) is 0 Å². The maximum absolute atomic E-state index is 11.4. The number of carbonyl (C=O) groups is 1. The number of carbonyl (C=O) groups excluding carboxylic acids is 1. The highest BCUT2D eigenvalue weighted by molar-refractivity contribution is 5.92. The van der Waals surface area contributed by atoms with Crippen LogP contribution >= 0.6 is 0 Å². The van der Waals surface area contributed by atoms with Crippen LogP contribution in [0.25, 0.3) is 0 Å². The summed E-state index contributed by atoms with van der Waals surface area (Å²) in [4.78, 5) is 15.2. The van der Waals surface area contributed by atoms with Gasteiger partial charge in [-0.05, 0) is 13.8 Å². The van der Waals surface area contributed by atoms with Crippen molar-refractivity contribution in [3.05, 3.63) is 17.8 Å². The lowest BCUT2D eigenvalue weighted by atomic mass is 10.3. The molecule has 0 aliphatic rings. The molecule has 0 saturated heterocycles. The first kappa shape index (κ1) is 9.73. The Kier molecular flexibility index (Phi) is 3.02. The van der Waals surface area contributed by atoms with E-state index in [9.17, 15) is 4.79 Å². The lowest BCUT2D eigenvalue weighted by Crippen LogP contribution is -2.37. The number of rotatable bonds is 3. The van der Waals surface area contributed by atoms with Gasteiger partial charge >= 0.3 is 0 Å². The van der Waals surface area contributed by atoms with Gasteiger partial charge in [-0.25, -0.2) is 4.98 Å². The Hall–Kier alpha value is -1.36. The molecule has 1 aromatic heterocycles. The molecule has 0 saturated carbocycles. The molecule has 0 spiro atoms. The minimum Gasteiger partial charge on any atom is -0.438 e. The molecule has 1 rings (SSSR count). The van der Waals surface area contributed by atoms with Crippen molar-refractivity contribution in [1.82, 2.24) is 10.3 Å². The maximum atomic E-state index is 11.4. The minimum absolute atomic E-state index is 0.0583. The van der Waals surface area contributed by atoms with Crippen LogP contribution in [0.1, 0.15) is 23.2 Å². The quantitative estimate of drug-likeness (QED) is 0.694. The number of oxazole rings is 1. The van der Waals surface area contributed by atoms with Gasteiger partial charge in [0.15, 0.2) is 6.39 Å². The zero-order chi connectivity index (χ0) is 9.84. The highest BCUT2D eigenvalue weighted by Crippen LogP contribution is 2.04. The van der Waals surface area contributed by atoms with E-state index in [1.165, 1.54) is 6.39 Å². The summed E-state index contributed by atoms with van der Waals surface area (Å²) < 4.78 is 4.91. The molecular weight excluding hydrogens is 170 g/mol.